The summed E-state index contributed by atoms with van der Waals surface area (Å²) in [5, 5.41) is 9.34. The van der Waals surface area contributed by atoms with Gasteiger partial charge in [-0.1, -0.05) is 12.1 Å². The maximum atomic E-state index is 12.2. The number of anilines is 1. The maximum Gasteiger partial charge on any atom is 0.249 e. The van der Waals surface area contributed by atoms with E-state index in [2.05, 4.69) is 20.7 Å². The van der Waals surface area contributed by atoms with E-state index in [0.29, 0.717) is 5.69 Å². The van der Waals surface area contributed by atoms with E-state index in [4.69, 9.17) is 9.47 Å². The summed E-state index contributed by atoms with van der Waals surface area (Å²) < 4.78 is 12.3. The van der Waals surface area contributed by atoms with Crippen LogP contribution in [0.25, 0.3) is 5.69 Å². The lowest BCUT2D eigenvalue weighted by molar-refractivity contribution is -0.133. The summed E-state index contributed by atoms with van der Waals surface area (Å²) in [6, 6.07) is 14.5. The molecule has 0 saturated heterocycles. The Morgan fingerprint density at radius 1 is 1.17 bits per heavy atom. The van der Waals surface area contributed by atoms with E-state index < -0.39 is 6.10 Å². The van der Waals surface area contributed by atoms with Gasteiger partial charge in [0, 0.05) is 5.69 Å². The molecule has 1 aromatic heterocycles. The van der Waals surface area contributed by atoms with Gasteiger partial charge in [-0.15, -0.1) is 0 Å². The molecule has 0 fully saturated rings. The minimum Gasteiger partial charge on any atom is -0.497 e. The number of rotatable bonds is 9. The van der Waals surface area contributed by atoms with E-state index in [9.17, 15) is 9.59 Å². The van der Waals surface area contributed by atoms with Crippen LogP contribution < -0.4 is 15.4 Å². The fourth-order valence-corrected chi connectivity index (χ4v) is 2.61. The van der Waals surface area contributed by atoms with E-state index in [1.54, 1.807) is 49.3 Å². The molecule has 0 saturated carbocycles. The first-order valence-electron chi connectivity index (χ1n) is 9.32. The van der Waals surface area contributed by atoms with Crippen LogP contribution in [0.2, 0.25) is 0 Å². The molecule has 9 heteroatoms. The summed E-state index contributed by atoms with van der Waals surface area (Å²) in [6.45, 7) is 1.74. The van der Waals surface area contributed by atoms with Gasteiger partial charge in [0.25, 0.3) is 0 Å². The van der Waals surface area contributed by atoms with Crippen molar-refractivity contribution in [1.82, 2.24) is 20.1 Å². The third-order valence-corrected chi connectivity index (χ3v) is 4.26. The lowest BCUT2D eigenvalue weighted by Gasteiger charge is -2.14. The Bertz CT molecular complexity index is 973. The number of hydrogen-bond acceptors (Lipinski definition) is 6. The molecule has 0 radical (unpaired) electrons. The third-order valence-electron chi connectivity index (χ3n) is 4.26. The fraction of sp³-hybridized carbons (Fsp3) is 0.238. The summed E-state index contributed by atoms with van der Waals surface area (Å²) in [4.78, 5) is 28.1. The molecule has 30 heavy (non-hydrogen) atoms. The highest BCUT2D eigenvalue weighted by Gasteiger charge is 2.15. The molecule has 1 atom stereocenters. The number of benzene rings is 2. The number of aromatic nitrogens is 3. The van der Waals surface area contributed by atoms with Gasteiger partial charge in [0.2, 0.25) is 11.8 Å². The average Bonchev–Trinajstić information content (AvgIpc) is 3.31. The Morgan fingerprint density at radius 2 is 1.97 bits per heavy atom. The standard InChI is InChI=1S/C21H23N5O4/c1-15(30-12-16-4-3-5-19(10-16)29-2)21(28)23-11-20(27)25-17-6-8-18(9-7-17)26-14-22-13-24-26/h3-10,13-15H,11-12H2,1-2H3,(H,23,28)(H,25,27). The number of carbonyl (C=O) groups is 2. The molecule has 2 amide bonds. The van der Waals surface area contributed by atoms with Gasteiger partial charge in [-0.2, -0.15) is 5.10 Å². The minimum atomic E-state index is -0.703. The van der Waals surface area contributed by atoms with Crippen LogP contribution in [0, 0.1) is 0 Å². The van der Waals surface area contributed by atoms with E-state index >= 15 is 0 Å². The zero-order chi connectivity index (χ0) is 21.3. The Kier molecular flexibility index (Phi) is 7.12. The number of methoxy groups -OCH3 is 1. The Balaban J connectivity index is 1.41. The van der Waals surface area contributed by atoms with Gasteiger partial charge in [0.15, 0.2) is 0 Å². The number of carbonyl (C=O) groups excluding carboxylic acids is 2. The zero-order valence-electron chi connectivity index (χ0n) is 16.7. The lowest BCUT2D eigenvalue weighted by atomic mass is 10.2. The molecule has 2 N–H and O–H groups in total. The molecule has 0 aliphatic rings. The van der Waals surface area contributed by atoms with Crippen molar-refractivity contribution in [1.29, 1.82) is 0 Å². The summed E-state index contributed by atoms with van der Waals surface area (Å²) in [5.41, 5.74) is 2.32. The molecule has 3 rings (SSSR count). The van der Waals surface area contributed by atoms with Crippen LogP contribution in [0.4, 0.5) is 5.69 Å². The number of nitrogens with one attached hydrogen (secondary N) is 2. The summed E-state index contributed by atoms with van der Waals surface area (Å²) in [7, 11) is 1.59. The molecular weight excluding hydrogens is 386 g/mol. The van der Waals surface area contributed by atoms with Gasteiger partial charge in [-0.25, -0.2) is 9.67 Å². The smallest absolute Gasteiger partial charge is 0.249 e. The predicted octanol–water partition coefficient (Wildman–Crippen LogP) is 1.94. The average molecular weight is 409 g/mol. The van der Waals surface area contributed by atoms with Crippen LogP contribution in [-0.2, 0) is 20.9 Å². The van der Waals surface area contributed by atoms with E-state index in [-0.39, 0.29) is 25.0 Å². The SMILES string of the molecule is COc1cccc(COC(C)C(=O)NCC(=O)Nc2ccc(-n3cncn3)cc2)c1. The van der Waals surface area contributed by atoms with Crippen molar-refractivity contribution < 1.29 is 19.1 Å². The molecule has 156 valence electrons. The van der Waals surface area contributed by atoms with Crippen LogP contribution in [0.15, 0.2) is 61.2 Å². The van der Waals surface area contributed by atoms with Crippen LogP contribution in [0.5, 0.6) is 5.75 Å². The van der Waals surface area contributed by atoms with Gasteiger partial charge in [-0.05, 0) is 48.9 Å². The Hall–Kier alpha value is -3.72. The van der Waals surface area contributed by atoms with Crippen LogP contribution in [-0.4, -0.2) is 46.3 Å². The second kappa shape index (κ2) is 10.2. The highest BCUT2D eigenvalue weighted by Crippen LogP contribution is 2.14. The van der Waals surface area contributed by atoms with Crippen molar-refractivity contribution in [2.24, 2.45) is 0 Å². The monoisotopic (exact) mass is 409 g/mol. The van der Waals surface area contributed by atoms with Gasteiger partial charge in [0.1, 0.15) is 24.5 Å². The van der Waals surface area contributed by atoms with Crippen molar-refractivity contribution in [2.45, 2.75) is 19.6 Å². The molecule has 1 unspecified atom stereocenters. The summed E-state index contributed by atoms with van der Waals surface area (Å²) in [6.07, 6.45) is 2.33. The van der Waals surface area contributed by atoms with Crippen molar-refractivity contribution >= 4 is 17.5 Å². The molecule has 9 nitrogen and oxygen atoms in total. The van der Waals surface area contributed by atoms with Crippen LogP contribution >= 0.6 is 0 Å². The van der Waals surface area contributed by atoms with E-state index in [1.807, 2.05) is 24.3 Å². The number of nitrogens with zero attached hydrogens (tertiary/aromatic N) is 3. The minimum absolute atomic E-state index is 0.156. The summed E-state index contributed by atoms with van der Waals surface area (Å²) in [5.74, 6) is 0.0191. The lowest BCUT2D eigenvalue weighted by Crippen LogP contribution is -2.39. The number of hydrogen-bond donors (Lipinski definition) is 2. The first-order chi connectivity index (χ1) is 14.5. The molecule has 1 heterocycles. The molecule has 0 spiro atoms. The molecule has 0 aliphatic heterocycles. The molecule has 2 aromatic carbocycles. The van der Waals surface area contributed by atoms with Crippen molar-refractivity contribution in [2.75, 3.05) is 19.0 Å². The molecular formula is C21H23N5O4. The highest BCUT2D eigenvalue weighted by molar-refractivity contribution is 5.95. The molecule has 3 aromatic rings. The van der Waals surface area contributed by atoms with Crippen molar-refractivity contribution in [3.05, 3.63) is 66.7 Å². The predicted molar refractivity (Wildman–Crippen MR) is 110 cm³/mol. The largest absolute Gasteiger partial charge is 0.497 e. The second-order valence-electron chi connectivity index (χ2n) is 6.46. The van der Waals surface area contributed by atoms with Gasteiger partial charge < -0.3 is 20.1 Å². The van der Waals surface area contributed by atoms with Gasteiger partial charge in [-0.3, -0.25) is 9.59 Å². The van der Waals surface area contributed by atoms with Crippen LogP contribution in [0.3, 0.4) is 0 Å². The highest BCUT2D eigenvalue weighted by atomic mass is 16.5. The Morgan fingerprint density at radius 3 is 2.67 bits per heavy atom. The van der Waals surface area contributed by atoms with Crippen molar-refractivity contribution in [3.63, 3.8) is 0 Å². The van der Waals surface area contributed by atoms with Gasteiger partial charge in [0.05, 0.1) is 25.9 Å². The summed E-state index contributed by atoms with van der Waals surface area (Å²) >= 11 is 0. The first-order valence-corrected chi connectivity index (χ1v) is 9.32. The molecule has 0 aliphatic carbocycles. The maximum absolute atomic E-state index is 12.2. The zero-order valence-corrected chi connectivity index (χ0v) is 16.7. The number of amides is 2. The first kappa shape index (κ1) is 21.0. The van der Waals surface area contributed by atoms with Crippen molar-refractivity contribution in [3.8, 4) is 11.4 Å². The van der Waals surface area contributed by atoms with Crippen LogP contribution in [0.1, 0.15) is 12.5 Å². The Labute approximate surface area is 174 Å². The second-order valence-corrected chi connectivity index (χ2v) is 6.46. The van der Waals surface area contributed by atoms with E-state index in [0.717, 1.165) is 17.0 Å². The quantitative estimate of drug-likeness (QED) is 0.559. The fourth-order valence-electron chi connectivity index (χ4n) is 2.61. The third kappa shape index (κ3) is 5.89. The van der Waals surface area contributed by atoms with E-state index in [1.165, 1.54) is 6.33 Å². The molecule has 0 bridgehead atoms. The number of ether oxygens (including phenoxy) is 2. The van der Waals surface area contributed by atoms with Gasteiger partial charge >= 0.3 is 0 Å². The topological polar surface area (TPSA) is 107 Å². The normalized spacial score (nSPS) is 11.5.